The third kappa shape index (κ3) is 4.16. The number of nitrogens with zero attached hydrogens (tertiary/aromatic N) is 2. The van der Waals surface area contributed by atoms with E-state index in [9.17, 15) is 4.79 Å². The second-order valence-electron chi connectivity index (χ2n) is 4.85. The number of rotatable bonds is 7. The molecule has 0 saturated carbocycles. The van der Waals surface area contributed by atoms with Crippen molar-refractivity contribution in [2.45, 2.75) is 25.9 Å². The summed E-state index contributed by atoms with van der Waals surface area (Å²) in [7, 11) is 1.65. The minimum absolute atomic E-state index is 0.0400. The van der Waals surface area contributed by atoms with Crippen molar-refractivity contribution in [1.29, 1.82) is 0 Å². The van der Waals surface area contributed by atoms with Crippen molar-refractivity contribution >= 4 is 0 Å². The van der Waals surface area contributed by atoms with Gasteiger partial charge in [-0.2, -0.15) is 0 Å². The van der Waals surface area contributed by atoms with Crippen molar-refractivity contribution in [2.75, 3.05) is 13.7 Å². The Hall–Kier alpha value is -2.14. The standard InChI is InChI=1S/C16H21N3O2/c1-3-9-18-15(11-19-12-17-10-8-16(19)20)13-4-6-14(21-2)7-5-13/h4-8,10,12,15,18H,3,9,11H2,1-2H3. The van der Waals surface area contributed by atoms with Crippen LogP contribution in [0.2, 0.25) is 0 Å². The van der Waals surface area contributed by atoms with E-state index in [0.29, 0.717) is 6.54 Å². The van der Waals surface area contributed by atoms with Crippen molar-refractivity contribution in [2.24, 2.45) is 0 Å². The molecule has 0 aliphatic rings. The van der Waals surface area contributed by atoms with Gasteiger partial charge in [-0.1, -0.05) is 19.1 Å². The summed E-state index contributed by atoms with van der Waals surface area (Å²) in [5.41, 5.74) is 1.09. The first-order chi connectivity index (χ1) is 10.2. The summed E-state index contributed by atoms with van der Waals surface area (Å²) in [6, 6.07) is 9.45. The zero-order valence-electron chi connectivity index (χ0n) is 12.5. The second-order valence-corrected chi connectivity index (χ2v) is 4.85. The highest BCUT2D eigenvalue weighted by molar-refractivity contribution is 5.29. The van der Waals surface area contributed by atoms with Crippen LogP contribution in [0.5, 0.6) is 5.75 Å². The third-order valence-corrected chi connectivity index (χ3v) is 3.33. The van der Waals surface area contributed by atoms with Crippen LogP contribution in [-0.2, 0) is 6.54 Å². The molecule has 2 aromatic rings. The lowest BCUT2D eigenvalue weighted by atomic mass is 10.1. The SMILES string of the molecule is CCCNC(Cn1cnccc1=O)c1ccc(OC)cc1. The molecule has 112 valence electrons. The van der Waals surface area contributed by atoms with Gasteiger partial charge in [0.2, 0.25) is 0 Å². The Morgan fingerprint density at radius 1 is 1.29 bits per heavy atom. The highest BCUT2D eigenvalue weighted by Gasteiger charge is 2.12. The number of methoxy groups -OCH3 is 1. The molecule has 0 fully saturated rings. The van der Waals surface area contributed by atoms with Gasteiger partial charge in [-0.3, -0.25) is 9.36 Å². The lowest BCUT2D eigenvalue weighted by Gasteiger charge is -2.20. The quantitative estimate of drug-likeness (QED) is 0.846. The normalized spacial score (nSPS) is 12.1. The molecule has 0 radical (unpaired) electrons. The molecule has 1 heterocycles. The molecular weight excluding hydrogens is 266 g/mol. The number of hydrogen-bond acceptors (Lipinski definition) is 4. The van der Waals surface area contributed by atoms with Gasteiger partial charge in [0.1, 0.15) is 5.75 Å². The molecule has 21 heavy (non-hydrogen) atoms. The maximum Gasteiger partial charge on any atom is 0.253 e. The van der Waals surface area contributed by atoms with Gasteiger partial charge < -0.3 is 10.1 Å². The summed E-state index contributed by atoms with van der Waals surface area (Å²) in [4.78, 5) is 15.9. The first-order valence-electron chi connectivity index (χ1n) is 7.12. The Balaban J connectivity index is 2.20. The van der Waals surface area contributed by atoms with E-state index in [2.05, 4.69) is 17.2 Å². The average Bonchev–Trinajstić information content (AvgIpc) is 2.53. The van der Waals surface area contributed by atoms with Crippen LogP contribution in [0.25, 0.3) is 0 Å². The first kappa shape index (κ1) is 15.3. The fourth-order valence-electron chi connectivity index (χ4n) is 2.15. The largest absolute Gasteiger partial charge is 0.497 e. The molecule has 0 amide bonds. The zero-order valence-corrected chi connectivity index (χ0v) is 12.5. The molecule has 2 rings (SSSR count). The minimum atomic E-state index is -0.0400. The lowest BCUT2D eigenvalue weighted by molar-refractivity contribution is 0.413. The van der Waals surface area contributed by atoms with E-state index in [1.807, 2.05) is 24.3 Å². The molecule has 0 spiro atoms. The van der Waals surface area contributed by atoms with E-state index in [0.717, 1.165) is 24.3 Å². The number of nitrogens with one attached hydrogen (secondary N) is 1. The smallest absolute Gasteiger partial charge is 0.253 e. The van der Waals surface area contributed by atoms with Crippen LogP contribution in [0.1, 0.15) is 24.9 Å². The summed E-state index contributed by atoms with van der Waals surface area (Å²) in [5, 5.41) is 3.47. The molecule has 0 aliphatic carbocycles. The van der Waals surface area contributed by atoms with E-state index in [1.165, 1.54) is 12.3 Å². The fourth-order valence-corrected chi connectivity index (χ4v) is 2.15. The molecule has 1 aromatic heterocycles. The molecule has 0 saturated heterocycles. The number of aromatic nitrogens is 2. The number of hydrogen-bond donors (Lipinski definition) is 1. The summed E-state index contributed by atoms with van der Waals surface area (Å²) in [5.74, 6) is 0.825. The minimum Gasteiger partial charge on any atom is -0.497 e. The third-order valence-electron chi connectivity index (χ3n) is 3.33. The first-order valence-corrected chi connectivity index (χ1v) is 7.12. The predicted octanol–water partition coefficient (Wildman–Crippen LogP) is 1.99. The van der Waals surface area contributed by atoms with Crippen LogP contribution in [0.15, 0.2) is 47.7 Å². The van der Waals surface area contributed by atoms with Gasteiger partial charge in [0.15, 0.2) is 0 Å². The predicted molar refractivity (Wildman–Crippen MR) is 82.5 cm³/mol. The molecule has 1 atom stereocenters. The van der Waals surface area contributed by atoms with E-state index in [1.54, 1.807) is 18.0 Å². The van der Waals surface area contributed by atoms with Crippen LogP contribution in [0, 0.1) is 0 Å². The molecule has 1 aromatic carbocycles. The molecule has 0 aliphatic heterocycles. The molecular formula is C16H21N3O2. The maximum atomic E-state index is 11.8. The second kappa shape index (κ2) is 7.59. The number of benzene rings is 1. The fraction of sp³-hybridized carbons (Fsp3) is 0.375. The van der Waals surface area contributed by atoms with Crippen LogP contribution in [0.4, 0.5) is 0 Å². The topological polar surface area (TPSA) is 56.2 Å². The zero-order chi connectivity index (χ0) is 15.1. The van der Waals surface area contributed by atoms with Gasteiger partial charge in [-0.15, -0.1) is 0 Å². The summed E-state index contributed by atoms with van der Waals surface area (Å²) in [6.45, 7) is 3.57. The Kier molecular flexibility index (Phi) is 5.51. The molecule has 0 bridgehead atoms. The summed E-state index contributed by atoms with van der Waals surface area (Å²) >= 11 is 0. The van der Waals surface area contributed by atoms with Crippen LogP contribution < -0.4 is 15.6 Å². The molecule has 5 nitrogen and oxygen atoms in total. The van der Waals surface area contributed by atoms with Crippen LogP contribution in [0.3, 0.4) is 0 Å². The van der Waals surface area contributed by atoms with Gasteiger partial charge >= 0.3 is 0 Å². The van der Waals surface area contributed by atoms with Gasteiger partial charge in [-0.05, 0) is 30.7 Å². The van der Waals surface area contributed by atoms with Crippen molar-refractivity contribution in [3.05, 3.63) is 58.8 Å². The number of ether oxygens (including phenoxy) is 1. The summed E-state index contributed by atoms with van der Waals surface area (Å²) in [6.07, 6.45) is 4.13. The van der Waals surface area contributed by atoms with Crippen molar-refractivity contribution < 1.29 is 4.74 Å². The summed E-state index contributed by atoms with van der Waals surface area (Å²) < 4.78 is 6.80. The van der Waals surface area contributed by atoms with E-state index in [4.69, 9.17) is 4.74 Å². The van der Waals surface area contributed by atoms with E-state index in [-0.39, 0.29) is 11.6 Å². The van der Waals surface area contributed by atoms with Gasteiger partial charge in [-0.25, -0.2) is 4.98 Å². The highest BCUT2D eigenvalue weighted by atomic mass is 16.5. The Labute approximate surface area is 124 Å². The van der Waals surface area contributed by atoms with Crippen LogP contribution in [-0.4, -0.2) is 23.2 Å². The maximum absolute atomic E-state index is 11.8. The highest BCUT2D eigenvalue weighted by Crippen LogP contribution is 2.18. The van der Waals surface area contributed by atoms with Crippen molar-refractivity contribution in [1.82, 2.24) is 14.9 Å². The lowest BCUT2D eigenvalue weighted by Crippen LogP contribution is -2.30. The molecule has 1 N–H and O–H groups in total. The van der Waals surface area contributed by atoms with Gasteiger partial charge in [0.25, 0.3) is 5.56 Å². The van der Waals surface area contributed by atoms with Crippen LogP contribution >= 0.6 is 0 Å². The van der Waals surface area contributed by atoms with Crippen molar-refractivity contribution in [3.63, 3.8) is 0 Å². The Morgan fingerprint density at radius 2 is 2.05 bits per heavy atom. The Bertz CT molecular complexity index is 607. The van der Waals surface area contributed by atoms with E-state index < -0.39 is 0 Å². The van der Waals surface area contributed by atoms with E-state index >= 15 is 0 Å². The average molecular weight is 287 g/mol. The van der Waals surface area contributed by atoms with Gasteiger partial charge in [0, 0.05) is 18.8 Å². The van der Waals surface area contributed by atoms with Crippen molar-refractivity contribution in [3.8, 4) is 5.75 Å². The van der Waals surface area contributed by atoms with Gasteiger partial charge in [0.05, 0.1) is 19.5 Å². The molecule has 1 unspecified atom stereocenters. The molecule has 5 heteroatoms. The Morgan fingerprint density at radius 3 is 2.67 bits per heavy atom. The monoisotopic (exact) mass is 287 g/mol.